The third-order valence-electron chi connectivity index (χ3n) is 5.23. The molecule has 3 fully saturated rings. The molecule has 0 radical (unpaired) electrons. The van der Waals surface area contributed by atoms with Crippen molar-refractivity contribution in [2.75, 3.05) is 0 Å². The summed E-state index contributed by atoms with van der Waals surface area (Å²) in [6, 6.07) is 0. The molecule has 2 N–H and O–H groups in total. The van der Waals surface area contributed by atoms with Crippen molar-refractivity contribution in [1.82, 2.24) is 5.32 Å². The first-order valence-corrected chi connectivity index (χ1v) is 7.47. The van der Waals surface area contributed by atoms with Gasteiger partial charge in [-0.1, -0.05) is 6.92 Å². The van der Waals surface area contributed by atoms with Crippen LogP contribution in [0.2, 0.25) is 0 Å². The van der Waals surface area contributed by atoms with Gasteiger partial charge in [0.15, 0.2) is 0 Å². The highest BCUT2D eigenvalue weighted by Gasteiger charge is 2.46. The number of rotatable bonds is 2. The average Bonchev–Trinajstić information content (AvgIpc) is 3.08. The molecule has 0 aliphatic heterocycles. The minimum Gasteiger partial charge on any atom is -0.393 e. The first-order valence-electron chi connectivity index (χ1n) is 7.47. The molecular formula is C15H25NO2. The van der Waals surface area contributed by atoms with E-state index in [-0.39, 0.29) is 23.5 Å². The molecule has 0 aromatic heterocycles. The van der Waals surface area contributed by atoms with E-state index >= 15 is 0 Å². The fraction of sp³-hybridized carbons (Fsp3) is 0.933. The van der Waals surface area contributed by atoms with Gasteiger partial charge in [-0.25, -0.2) is 0 Å². The Hall–Kier alpha value is -0.570. The fourth-order valence-electron chi connectivity index (χ4n) is 4.31. The van der Waals surface area contributed by atoms with Crippen molar-refractivity contribution in [3.8, 4) is 0 Å². The molecule has 3 aliphatic carbocycles. The quantitative estimate of drug-likeness (QED) is 0.789. The summed E-state index contributed by atoms with van der Waals surface area (Å²) in [5.74, 6) is 2.04. The van der Waals surface area contributed by atoms with Gasteiger partial charge < -0.3 is 10.4 Å². The third kappa shape index (κ3) is 2.29. The van der Waals surface area contributed by atoms with Gasteiger partial charge in [0.05, 0.1) is 6.10 Å². The van der Waals surface area contributed by atoms with Crippen LogP contribution in [-0.4, -0.2) is 22.7 Å². The Morgan fingerprint density at radius 1 is 1.28 bits per heavy atom. The van der Waals surface area contributed by atoms with Crippen LogP contribution >= 0.6 is 0 Å². The lowest BCUT2D eigenvalue weighted by atomic mass is 9.61. The number of fused-ring (bicyclic) bond motifs is 2. The Morgan fingerprint density at radius 2 is 2.00 bits per heavy atom. The molecule has 18 heavy (non-hydrogen) atoms. The molecule has 0 aromatic carbocycles. The zero-order chi connectivity index (χ0) is 12.9. The normalized spacial score (nSPS) is 47.7. The maximum Gasteiger partial charge on any atom is 0.223 e. The number of carbonyl (C=O) groups is 1. The van der Waals surface area contributed by atoms with Crippen molar-refractivity contribution >= 4 is 5.91 Å². The van der Waals surface area contributed by atoms with Gasteiger partial charge in [0.1, 0.15) is 0 Å². The highest BCUT2D eigenvalue weighted by molar-refractivity contribution is 5.81. The van der Waals surface area contributed by atoms with Crippen LogP contribution in [0.3, 0.4) is 0 Å². The molecule has 3 rings (SSSR count). The van der Waals surface area contributed by atoms with Crippen LogP contribution in [0.25, 0.3) is 0 Å². The maximum atomic E-state index is 12.0. The zero-order valence-corrected chi connectivity index (χ0v) is 11.5. The van der Waals surface area contributed by atoms with E-state index in [9.17, 15) is 9.90 Å². The van der Waals surface area contributed by atoms with E-state index in [1.54, 1.807) is 0 Å². The van der Waals surface area contributed by atoms with Crippen molar-refractivity contribution in [2.45, 2.75) is 64.0 Å². The highest BCUT2D eigenvalue weighted by Crippen LogP contribution is 2.46. The summed E-state index contributed by atoms with van der Waals surface area (Å²) in [5.41, 5.74) is -0.0750. The molecule has 1 amide bonds. The number of amides is 1. The summed E-state index contributed by atoms with van der Waals surface area (Å²) in [4.78, 5) is 12.0. The number of aliphatic hydroxyl groups is 1. The number of hydrogen-bond donors (Lipinski definition) is 2. The lowest BCUT2D eigenvalue weighted by Crippen LogP contribution is -2.55. The lowest BCUT2D eigenvalue weighted by molar-refractivity contribution is -0.126. The molecule has 3 saturated carbocycles. The molecule has 2 bridgehead atoms. The summed E-state index contributed by atoms with van der Waals surface area (Å²) in [5, 5.41) is 13.5. The predicted molar refractivity (Wildman–Crippen MR) is 69.9 cm³/mol. The molecule has 0 heterocycles. The van der Waals surface area contributed by atoms with Gasteiger partial charge in [-0.2, -0.15) is 0 Å². The summed E-state index contributed by atoms with van der Waals surface area (Å²) >= 11 is 0. The van der Waals surface area contributed by atoms with Crippen LogP contribution in [0.1, 0.15) is 52.4 Å². The topological polar surface area (TPSA) is 49.3 Å². The van der Waals surface area contributed by atoms with E-state index in [0.717, 1.165) is 38.5 Å². The van der Waals surface area contributed by atoms with E-state index in [2.05, 4.69) is 19.2 Å². The molecule has 3 aliphatic rings. The SMILES string of the molecule is CC1CC2CC(CC(C)(NC(=O)C3CC3)C2)C1O. The molecule has 0 saturated heterocycles. The average molecular weight is 251 g/mol. The molecule has 5 unspecified atom stereocenters. The third-order valence-corrected chi connectivity index (χ3v) is 5.23. The van der Waals surface area contributed by atoms with Crippen LogP contribution in [0.4, 0.5) is 0 Å². The van der Waals surface area contributed by atoms with E-state index in [1.165, 1.54) is 0 Å². The van der Waals surface area contributed by atoms with E-state index in [4.69, 9.17) is 0 Å². The molecule has 5 atom stereocenters. The van der Waals surface area contributed by atoms with Crippen molar-refractivity contribution in [3.63, 3.8) is 0 Å². The van der Waals surface area contributed by atoms with E-state index < -0.39 is 0 Å². The highest BCUT2D eigenvalue weighted by atomic mass is 16.3. The zero-order valence-electron chi connectivity index (χ0n) is 11.5. The van der Waals surface area contributed by atoms with Crippen LogP contribution in [0, 0.1) is 23.7 Å². The molecule has 3 heteroatoms. The fourth-order valence-corrected chi connectivity index (χ4v) is 4.31. The van der Waals surface area contributed by atoms with E-state index in [0.29, 0.717) is 17.8 Å². The predicted octanol–water partition coefficient (Wildman–Crippen LogP) is 2.09. The number of aliphatic hydroxyl groups excluding tert-OH is 1. The summed E-state index contributed by atoms with van der Waals surface area (Å²) in [6.45, 7) is 4.34. The smallest absolute Gasteiger partial charge is 0.223 e. The number of carbonyl (C=O) groups excluding carboxylic acids is 1. The Bertz CT molecular complexity index is 350. The summed E-state index contributed by atoms with van der Waals surface area (Å²) in [6.07, 6.45) is 6.28. The molecule has 0 spiro atoms. The van der Waals surface area contributed by atoms with Gasteiger partial charge in [0, 0.05) is 11.5 Å². The Labute approximate surface area is 109 Å². The summed E-state index contributed by atoms with van der Waals surface area (Å²) in [7, 11) is 0. The number of hydrogen-bond acceptors (Lipinski definition) is 2. The van der Waals surface area contributed by atoms with Crippen molar-refractivity contribution in [2.24, 2.45) is 23.7 Å². The molecular weight excluding hydrogens is 226 g/mol. The second-order valence-electron chi connectivity index (χ2n) is 7.30. The molecule has 0 aromatic rings. The Balaban J connectivity index is 1.68. The molecule has 102 valence electrons. The van der Waals surface area contributed by atoms with Crippen molar-refractivity contribution < 1.29 is 9.90 Å². The monoisotopic (exact) mass is 251 g/mol. The van der Waals surface area contributed by atoms with Crippen LogP contribution in [0.15, 0.2) is 0 Å². The standard InChI is InChI=1S/C15H25NO2/c1-9-5-10-6-12(13(9)17)8-15(2,7-10)16-14(18)11-3-4-11/h9-13,17H,3-8H2,1-2H3,(H,16,18). The van der Waals surface area contributed by atoms with Gasteiger partial charge in [0.25, 0.3) is 0 Å². The van der Waals surface area contributed by atoms with Crippen LogP contribution in [-0.2, 0) is 4.79 Å². The van der Waals surface area contributed by atoms with Gasteiger partial charge in [-0.05, 0) is 63.2 Å². The van der Waals surface area contributed by atoms with Gasteiger partial charge in [-0.15, -0.1) is 0 Å². The second-order valence-corrected chi connectivity index (χ2v) is 7.30. The van der Waals surface area contributed by atoms with Crippen molar-refractivity contribution in [3.05, 3.63) is 0 Å². The summed E-state index contributed by atoms with van der Waals surface area (Å²) < 4.78 is 0. The largest absolute Gasteiger partial charge is 0.393 e. The van der Waals surface area contributed by atoms with Gasteiger partial charge in [-0.3, -0.25) is 4.79 Å². The first-order chi connectivity index (χ1) is 8.47. The van der Waals surface area contributed by atoms with Gasteiger partial charge in [0.2, 0.25) is 5.91 Å². The minimum absolute atomic E-state index is 0.0750. The number of nitrogens with one attached hydrogen (secondary N) is 1. The lowest BCUT2D eigenvalue weighted by Gasteiger charge is -2.49. The van der Waals surface area contributed by atoms with Crippen LogP contribution < -0.4 is 5.32 Å². The van der Waals surface area contributed by atoms with E-state index in [1.807, 2.05) is 0 Å². The Morgan fingerprint density at radius 3 is 2.67 bits per heavy atom. The molecule has 3 nitrogen and oxygen atoms in total. The Kier molecular flexibility index (Phi) is 2.92. The van der Waals surface area contributed by atoms with Crippen LogP contribution in [0.5, 0.6) is 0 Å². The van der Waals surface area contributed by atoms with Crippen molar-refractivity contribution in [1.29, 1.82) is 0 Å². The maximum absolute atomic E-state index is 12.0. The second kappa shape index (κ2) is 4.22. The first kappa shape index (κ1) is 12.5. The minimum atomic E-state index is -0.168. The van der Waals surface area contributed by atoms with Gasteiger partial charge >= 0.3 is 0 Å².